The van der Waals surface area contributed by atoms with E-state index in [4.69, 9.17) is 0 Å². The molecule has 20 heavy (non-hydrogen) atoms. The fraction of sp³-hybridized carbons (Fsp3) is 0. The van der Waals surface area contributed by atoms with E-state index < -0.39 is 0 Å². The largest absolute Gasteiger partial charge is 0.335 e. The molecule has 4 aromatic heterocycles. The topological polar surface area (TPSA) is 72.3 Å². The van der Waals surface area contributed by atoms with Gasteiger partial charge in [0.2, 0.25) is 5.95 Å². The number of pyridine rings is 1. The van der Waals surface area contributed by atoms with E-state index >= 15 is 0 Å². The molecule has 6 heteroatoms. The molecule has 0 unspecified atom stereocenters. The summed E-state index contributed by atoms with van der Waals surface area (Å²) in [5.41, 5.74) is 2.50. The lowest BCUT2D eigenvalue weighted by atomic mass is 10.4. The number of nitrogens with one attached hydrogen (secondary N) is 1. The number of aromatic amines is 1. The number of H-pyrrole nitrogens is 1. The molecular weight excluding hydrogens is 252 g/mol. The Morgan fingerprint density at radius 2 is 1.75 bits per heavy atom. The number of nitrogens with zero attached hydrogens (tertiary/aromatic N) is 5. The second-order valence-corrected chi connectivity index (χ2v) is 4.27. The Morgan fingerprint density at radius 1 is 0.900 bits per heavy atom. The molecule has 0 spiro atoms. The Kier molecular flexibility index (Phi) is 2.32. The maximum Gasteiger partial charge on any atom is 0.234 e. The van der Waals surface area contributed by atoms with Crippen molar-refractivity contribution in [3.8, 4) is 17.5 Å². The van der Waals surface area contributed by atoms with Gasteiger partial charge < -0.3 is 4.98 Å². The average Bonchev–Trinajstić information content (AvgIpc) is 3.14. The maximum atomic E-state index is 4.50. The number of fused-ring (bicyclic) bond motifs is 1. The molecule has 1 N–H and O–H groups in total. The minimum absolute atomic E-state index is 0.612. The van der Waals surface area contributed by atoms with Gasteiger partial charge in [0.15, 0.2) is 11.5 Å². The van der Waals surface area contributed by atoms with Crippen molar-refractivity contribution in [1.82, 2.24) is 29.5 Å². The number of hydrogen-bond acceptors (Lipinski definition) is 4. The molecule has 0 saturated heterocycles. The maximum absolute atomic E-state index is 4.50. The first-order valence-corrected chi connectivity index (χ1v) is 6.18. The summed E-state index contributed by atoms with van der Waals surface area (Å²) < 4.78 is 1.89. The van der Waals surface area contributed by atoms with Crippen LogP contribution in [0.2, 0.25) is 0 Å². The van der Waals surface area contributed by atoms with E-state index in [0.717, 1.165) is 17.0 Å². The van der Waals surface area contributed by atoms with Gasteiger partial charge in [-0.25, -0.2) is 19.9 Å². The fourth-order valence-corrected chi connectivity index (χ4v) is 2.13. The lowest BCUT2D eigenvalue weighted by Crippen LogP contribution is -2.01. The predicted octanol–water partition coefficient (Wildman–Crippen LogP) is 2.21. The van der Waals surface area contributed by atoms with Crippen molar-refractivity contribution in [3.63, 3.8) is 0 Å². The molecule has 0 saturated carbocycles. The van der Waals surface area contributed by atoms with Gasteiger partial charge in [-0.15, -0.1) is 0 Å². The molecule has 0 radical (unpaired) electrons. The van der Waals surface area contributed by atoms with Gasteiger partial charge in [0, 0.05) is 24.8 Å². The molecule has 0 aromatic carbocycles. The van der Waals surface area contributed by atoms with E-state index in [1.165, 1.54) is 0 Å². The lowest BCUT2D eigenvalue weighted by Gasteiger charge is -2.04. The summed E-state index contributed by atoms with van der Waals surface area (Å²) in [5.74, 6) is 1.36. The first kappa shape index (κ1) is 10.9. The molecule has 4 rings (SSSR count). The van der Waals surface area contributed by atoms with Crippen LogP contribution in [0.15, 0.2) is 55.1 Å². The number of rotatable bonds is 2. The van der Waals surface area contributed by atoms with E-state index in [-0.39, 0.29) is 0 Å². The minimum atomic E-state index is 0.612. The number of imidazole rings is 1. The van der Waals surface area contributed by atoms with Gasteiger partial charge in [0.1, 0.15) is 0 Å². The standard InChI is InChI=1S/C14H10N6/c1-4-10-12(15-6-1)19-13(18-10)11-5-2-9-20(11)14-16-7-3-8-17-14/h1-9H,(H,15,18,19). The van der Waals surface area contributed by atoms with Gasteiger partial charge in [-0.05, 0) is 30.3 Å². The highest BCUT2D eigenvalue weighted by molar-refractivity contribution is 5.75. The van der Waals surface area contributed by atoms with Crippen molar-refractivity contribution in [2.75, 3.05) is 0 Å². The molecule has 0 atom stereocenters. The summed E-state index contributed by atoms with van der Waals surface area (Å²) in [5, 5.41) is 0. The van der Waals surface area contributed by atoms with Crippen LogP contribution in [0.25, 0.3) is 28.6 Å². The van der Waals surface area contributed by atoms with Crippen molar-refractivity contribution < 1.29 is 0 Å². The van der Waals surface area contributed by atoms with E-state index in [0.29, 0.717) is 11.6 Å². The molecule has 0 aliphatic rings. The van der Waals surface area contributed by atoms with Crippen molar-refractivity contribution in [2.24, 2.45) is 0 Å². The smallest absolute Gasteiger partial charge is 0.234 e. The fourth-order valence-electron chi connectivity index (χ4n) is 2.13. The Morgan fingerprint density at radius 3 is 2.60 bits per heavy atom. The van der Waals surface area contributed by atoms with Crippen LogP contribution >= 0.6 is 0 Å². The van der Waals surface area contributed by atoms with Crippen LogP contribution in [0.5, 0.6) is 0 Å². The molecule has 96 valence electrons. The van der Waals surface area contributed by atoms with Crippen LogP contribution in [0.4, 0.5) is 0 Å². The van der Waals surface area contributed by atoms with Gasteiger partial charge >= 0.3 is 0 Å². The third kappa shape index (κ3) is 1.66. The Bertz CT molecular complexity index is 828. The monoisotopic (exact) mass is 262 g/mol. The van der Waals surface area contributed by atoms with Crippen LogP contribution < -0.4 is 0 Å². The summed E-state index contributed by atoms with van der Waals surface area (Å²) in [4.78, 5) is 20.5. The molecule has 4 heterocycles. The molecule has 4 aromatic rings. The molecule has 0 aliphatic carbocycles. The predicted molar refractivity (Wildman–Crippen MR) is 74.2 cm³/mol. The molecule has 0 aliphatic heterocycles. The van der Waals surface area contributed by atoms with Gasteiger partial charge in [-0.1, -0.05) is 0 Å². The van der Waals surface area contributed by atoms with Crippen LogP contribution in [-0.4, -0.2) is 29.5 Å². The van der Waals surface area contributed by atoms with Crippen LogP contribution in [0.3, 0.4) is 0 Å². The zero-order valence-corrected chi connectivity index (χ0v) is 10.4. The van der Waals surface area contributed by atoms with Crippen molar-refractivity contribution in [3.05, 3.63) is 55.1 Å². The number of hydrogen-bond donors (Lipinski definition) is 1. The normalized spacial score (nSPS) is 11.0. The molecule has 0 amide bonds. The zero-order valence-electron chi connectivity index (χ0n) is 10.4. The Labute approximate surface area is 114 Å². The van der Waals surface area contributed by atoms with Crippen molar-refractivity contribution >= 4 is 11.2 Å². The molecular formula is C14H10N6. The average molecular weight is 262 g/mol. The van der Waals surface area contributed by atoms with Gasteiger partial charge in [-0.2, -0.15) is 0 Å². The Balaban J connectivity index is 1.89. The SMILES string of the molecule is c1cnc(-n2cccc2-c2nc3ncccc3[nH]2)nc1. The molecule has 0 fully saturated rings. The quantitative estimate of drug-likeness (QED) is 0.601. The third-order valence-corrected chi connectivity index (χ3v) is 3.02. The summed E-state index contributed by atoms with van der Waals surface area (Å²) >= 11 is 0. The zero-order chi connectivity index (χ0) is 13.4. The minimum Gasteiger partial charge on any atom is -0.335 e. The van der Waals surface area contributed by atoms with E-state index in [1.54, 1.807) is 24.7 Å². The summed E-state index contributed by atoms with van der Waals surface area (Å²) in [6.45, 7) is 0. The second kappa shape index (κ2) is 4.27. The third-order valence-electron chi connectivity index (χ3n) is 3.02. The van der Waals surface area contributed by atoms with Crippen molar-refractivity contribution in [2.45, 2.75) is 0 Å². The van der Waals surface area contributed by atoms with Crippen LogP contribution in [-0.2, 0) is 0 Å². The number of aromatic nitrogens is 6. The first-order valence-electron chi connectivity index (χ1n) is 6.18. The van der Waals surface area contributed by atoms with Gasteiger partial charge in [0.25, 0.3) is 0 Å². The van der Waals surface area contributed by atoms with Gasteiger partial charge in [0.05, 0.1) is 11.2 Å². The molecule has 6 nitrogen and oxygen atoms in total. The lowest BCUT2D eigenvalue weighted by molar-refractivity contribution is 0.934. The summed E-state index contributed by atoms with van der Waals surface area (Å²) in [6, 6.07) is 9.52. The highest BCUT2D eigenvalue weighted by Gasteiger charge is 2.11. The van der Waals surface area contributed by atoms with Crippen molar-refractivity contribution in [1.29, 1.82) is 0 Å². The highest BCUT2D eigenvalue weighted by atomic mass is 15.2. The van der Waals surface area contributed by atoms with Crippen LogP contribution in [0.1, 0.15) is 0 Å². The summed E-state index contributed by atoms with van der Waals surface area (Å²) in [6.07, 6.45) is 7.07. The Hall–Kier alpha value is -3.02. The van der Waals surface area contributed by atoms with Crippen LogP contribution in [0, 0.1) is 0 Å². The second-order valence-electron chi connectivity index (χ2n) is 4.27. The van der Waals surface area contributed by atoms with E-state index in [2.05, 4.69) is 24.9 Å². The first-order chi connectivity index (χ1) is 9.92. The summed E-state index contributed by atoms with van der Waals surface area (Å²) in [7, 11) is 0. The molecule has 0 bridgehead atoms. The van der Waals surface area contributed by atoms with E-state index in [9.17, 15) is 0 Å². The van der Waals surface area contributed by atoms with E-state index in [1.807, 2.05) is 35.0 Å². The highest BCUT2D eigenvalue weighted by Crippen LogP contribution is 2.21. The van der Waals surface area contributed by atoms with Gasteiger partial charge in [-0.3, -0.25) is 4.57 Å².